The van der Waals surface area contributed by atoms with Gasteiger partial charge in [0.2, 0.25) is 0 Å². The lowest BCUT2D eigenvalue weighted by molar-refractivity contribution is -0.0846. The monoisotopic (exact) mass is 328 g/mol. The van der Waals surface area contributed by atoms with Crippen LogP contribution in [0.15, 0.2) is 22.7 Å². The van der Waals surface area contributed by atoms with E-state index in [4.69, 9.17) is 14.6 Å². The van der Waals surface area contributed by atoms with Crippen LogP contribution in [0, 0.1) is 0 Å². The van der Waals surface area contributed by atoms with E-state index in [2.05, 4.69) is 43.6 Å². The van der Waals surface area contributed by atoms with Crippen molar-refractivity contribution in [3.05, 3.63) is 28.2 Å². The van der Waals surface area contributed by atoms with Crippen LogP contribution in [0.2, 0.25) is 0 Å². The largest absolute Gasteiger partial charge is 0.486 e. The average molecular weight is 329 g/mol. The van der Waals surface area contributed by atoms with Gasteiger partial charge in [0.05, 0.1) is 16.7 Å². The summed E-state index contributed by atoms with van der Waals surface area (Å²) < 4.78 is 13.0. The van der Waals surface area contributed by atoms with Gasteiger partial charge in [0.1, 0.15) is 17.5 Å². The third-order valence-electron chi connectivity index (χ3n) is 3.44. The molecule has 0 radical (unpaired) electrons. The number of halogens is 1. The van der Waals surface area contributed by atoms with E-state index in [1.54, 1.807) is 0 Å². The van der Waals surface area contributed by atoms with Gasteiger partial charge in [0.25, 0.3) is 0 Å². The van der Waals surface area contributed by atoms with Crippen LogP contribution in [0.5, 0.6) is 5.75 Å². The van der Waals surface area contributed by atoms with Crippen molar-refractivity contribution in [2.75, 3.05) is 0 Å². The van der Waals surface area contributed by atoms with Gasteiger partial charge in [-0.15, -0.1) is 0 Å². The first-order valence-electron chi connectivity index (χ1n) is 6.50. The molecule has 0 saturated carbocycles. The summed E-state index contributed by atoms with van der Waals surface area (Å²) in [4.78, 5) is 0. The van der Waals surface area contributed by atoms with Crippen LogP contribution in [0.25, 0.3) is 0 Å². The van der Waals surface area contributed by atoms with E-state index >= 15 is 0 Å². The molecule has 0 amide bonds. The number of ether oxygens (including phenoxy) is 2. The Balaban J connectivity index is 2.18. The Labute approximate surface area is 123 Å². The maximum Gasteiger partial charge on any atom is 0.134 e. The van der Waals surface area contributed by atoms with E-state index in [0.29, 0.717) is 0 Å². The second kappa shape index (κ2) is 5.08. The lowest BCUT2D eigenvalue weighted by Gasteiger charge is -2.27. The molecule has 0 aromatic heterocycles. The van der Waals surface area contributed by atoms with E-state index in [0.717, 1.165) is 22.2 Å². The molecule has 1 fully saturated rings. The summed E-state index contributed by atoms with van der Waals surface area (Å²) in [6.07, 6.45) is 0.868. The molecular formula is C15H21BrO3. The first-order valence-corrected chi connectivity index (χ1v) is 7.29. The van der Waals surface area contributed by atoms with Gasteiger partial charge in [0.15, 0.2) is 0 Å². The molecule has 0 spiro atoms. The zero-order valence-electron chi connectivity index (χ0n) is 11.9. The molecule has 3 nitrogen and oxygen atoms in total. The highest BCUT2D eigenvalue weighted by Gasteiger charge is 2.47. The fourth-order valence-corrected chi connectivity index (χ4v) is 3.11. The highest BCUT2D eigenvalue weighted by Crippen LogP contribution is 2.40. The van der Waals surface area contributed by atoms with Crippen LogP contribution in [-0.2, 0) is 11.3 Å². The second-order valence-electron chi connectivity index (χ2n) is 6.20. The van der Waals surface area contributed by atoms with Crippen molar-refractivity contribution in [1.82, 2.24) is 0 Å². The van der Waals surface area contributed by atoms with Crippen molar-refractivity contribution in [2.45, 2.75) is 58.0 Å². The molecule has 0 bridgehead atoms. The Morgan fingerprint density at radius 1 is 1.37 bits per heavy atom. The SMILES string of the molecule is CC1(C)CC(Oc2ccc(CO)cc2Br)C(C)(C)O1. The minimum atomic E-state index is -0.307. The van der Waals surface area contributed by atoms with Crippen LogP contribution in [0.1, 0.15) is 39.7 Å². The maximum atomic E-state index is 9.11. The topological polar surface area (TPSA) is 38.7 Å². The van der Waals surface area contributed by atoms with Crippen molar-refractivity contribution < 1.29 is 14.6 Å². The van der Waals surface area contributed by atoms with Crippen molar-refractivity contribution in [2.24, 2.45) is 0 Å². The summed E-state index contributed by atoms with van der Waals surface area (Å²) in [6.45, 7) is 8.32. The summed E-state index contributed by atoms with van der Waals surface area (Å²) in [5.41, 5.74) is 0.395. The maximum absolute atomic E-state index is 9.11. The fourth-order valence-electron chi connectivity index (χ4n) is 2.59. The molecule has 106 valence electrons. The third kappa shape index (κ3) is 3.30. The van der Waals surface area contributed by atoms with Gasteiger partial charge in [-0.3, -0.25) is 0 Å². The molecule has 4 heteroatoms. The highest BCUT2D eigenvalue weighted by molar-refractivity contribution is 9.10. The van der Waals surface area contributed by atoms with E-state index in [-0.39, 0.29) is 23.9 Å². The van der Waals surface area contributed by atoms with Crippen molar-refractivity contribution >= 4 is 15.9 Å². The molecule has 2 rings (SSSR count). The lowest BCUT2D eigenvalue weighted by atomic mass is 9.97. The summed E-state index contributed by atoms with van der Waals surface area (Å²) in [7, 11) is 0. The molecule has 1 aliphatic heterocycles. The summed E-state index contributed by atoms with van der Waals surface area (Å²) in [6, 6.07) is 5.63. The number of aliphatic hydroxyl groups is 1. The van der Waals surface area contributed by atoms with Gasteiger partial charge in [-0.05, 0) is 61.3 Å². The molecule has 1 unspecified atom stereocenters. The molecule has 1 N–H and O–H groups in total. The summed E-state index contributed by atoms with van der Waals surface area (Å²) in [5, 5.41) is 9.11. The van der Waals surface area contributed by atoms with E-state index in [1.165, 1.54) is 0 Å². The molecule has 1 aromatic carbocycles. The zero-order chi connectivity index (χ0) is 14.3. The van der Waals surface area contributed by atoms with Gasteiger partial charge in [-0.25, -0.2) is 0 Å². The molecule has 1 heterocycles. The predicted octanol–water partition coefficient (Wildman–Crippen LogP) is 3.67. The van der Waals surface area contributed by atoms with E-state index in [1.807, 2.05) is 18.2 Å². The Morgan fingerprint density at radius 2 is 2.05 bits per heavy atom. The highest BCUT2D eigenvalue weighted by atomic mass is 79.9. The van der Waals surface area contributed by atoms with Crippen LogP contribution in [-0.4, -0.2) is 22.4 Å². The summed E-state index contributed by atoms with van der Waals surface area (Å²) in [5.74, 6) is 0.788. The van der Waals surface area contributed by atoms with E-state index in [9.17, 15) is 0 Å². The number of aliphatic hydroxyl groups excluding tert-OH is 1. The van der Waals surface area contributed by atoms with Crippen LogP contribution in [0.3, 0.4) is 0 Å². The van der Waals surface area contributed by atoms with Gasteiger partial charge in [-0.1, -0.05) is 6.07 Å². The van der Waals surface area contributed by atoms with Gasteiger partial charge >= 0.3 is 0 Å². The molecule has 19 heavy (non-hydrogen) atoms. The normalized spacial score (nSPS) is 24.4. The zero-order valence-corrected chi connectivity index (χ0v) is 13.5. The molecule has 1 aliphatic rings. The van der Waals surface area contributed by atoms with E-state index < -0.39 is 0 Å². The number of rotatable bonds is 3. The first-order chi connectivity index (χ1) is 8.73. The van der Waals surface area contributed by atoms with Gasteiger partial charge in [-0.2, -0.15) is 0 Å². The van der Waals surface area contributed by atoms with Crippen molar-refractivity contribution in [1.29, 1.82) is 0 Å². The quantitative estimate of drug-likeness (QED) is 0.920. The Morgan fingerprint density at radius 3 is 2.53 bits per heavy atom. The minimum Gasteiger partial charge on any atom is -0.486 e. The number of hydrogen-bond acceptors (Lipinski definition) is 3. The second-order valence-corrected chi connectivity index (χ2v) is 7.05. The fraction of sp³-hybridized carbons (Fsp3) is 0.600. The molecular weight excluding hydrogens is 308 g/mol. The molecule has 0 aliphatic carbocycles. The third-order valence-corrected chi connectivity index (χ3v) is 4.06. The Kier molecular flexibility index (Phi) is 3.96. The molecule has 1 atom stereocenters. The number of benzene rings is 1. The van der Waals surface area contributed by atoms with Crippen LogP contribution >= 0.6 is 15.9 Å². The standard InChI is InChI=1S/C15H21BrO3/c1-14(2)8-13(15(3,4)19-14)18-12-6-5-10(9-17)7-11(12)16/h5-7,13,17H,8-9H2,1-4H3. The Bertz CT molecular complexity index is 468. The van der Waals surface area contributed by atoms with Gasteiger partial charge in [0, 0.05) is 6.42 Å². The average Bonchev–Trinajstić information content (AvgIpc) is 2.49. The molecule has 1 saturated heterocycles. The first kappa shape index (κ1) is 14.8. The van der Waals surface area contributed by atoms with Crippen molar-refractivity contribution in [3.63, 3.8) is 0 Å². The summed E-state index contributed by atoms with van der Waals surface area (Å²) >= 11 is 3.48. The predicted molar refractivity (Wildman–Crippen MR) is 78.3 cm³/mol. The lowest BCUT2D eigenvalue weighted by Crippen LogP contribution is -2.36. The van der Waals surface area contributed by atoms with Crippen molar-refractivity contribution in [3.8, 4) is 5.75 Å². The van der Waals surface area contributed by atoms with Crippen LogP contribution < -0.4 is 4.74 Å². The van der Waals surface area contributed by atoms with Crippen LogP contribution in [0.4, 0.5) is 0 Å². The minimum absolute atomic E-state index is 0.0128. The Hall–Kier alpha value is -0.580. The van der Waals surface area contributed by atoms with Gasteiger partial charge < -0.3 is 14.6 Å². The smallest absolute Gasteiger partial charge is 0.134 e. The molecule has 1 aromatic rings. The number of hydrogen-bond donors (Lipinski definition) is 1.